The lowest BCUT2D eigenvalue weighted by atomic mass is 9.91. The van der Waals surface area contributed by atoms with Crippen molar-refractivity contribution in [2.24, 2.45) is 11.7 Å². The van der Waals surface area contributed by atoms with Crippen LogP contribution in [0.15, 0.2) is 0 Å². The molecule has 3 N–H and O–H groups in total. The molecule has 1 rings (SSSR count). The first-order valence-electron chi connectivity index (χ1n) is 4.61. The predicted molar refractivity (Wildman–Crippen MR) is 47.8 cm³/mol. The third kappa shape index (κ3) is 1.97. The fourth-order valence-electron chi connectivity index (χ4n) is 1.60. The zero-order valence-electron chi connectivity index (χ0n) is 8.03. The molecule has 12 heavy (non-hydrogen) atoms. The van der Waals surface area contributed by atoms with E-state index >= 15 is 0 Å². The molecule has 0 aromatic rings. The maximum Gasteiger partial charge on any atom is 0.0950 e. The molecule has 3 nitrogen and oxygen atoms in total. The highest BCUT2D eigenvalue weighted by atomic mass is 16.5. The van der Waals surface area contributed by atoms with Crippen LogP contribution in [0.25, 0.3) is 0 Å². The van der Waals surface area contributed by atoms with Crippen molar-refractivity contribution < 1.29 is 9.84 Å². The Morgan fingerprint density at radius 2 is 2.08 bits per heavy atom. The van der Waals surface area contributed by atoms with E-state index in [0.29, 0.717) is 5.92 Å². The first kappa shape index (κ1) is 9.96. The highest BCUT2D eigenvalue weighted by molar-refractivity contribution is 4.86. The molecule has 1 aliphatic heterocycles. The maximum atomic E-state index is 9.50. The Morgan fingerprint density at radius 1 is 1.50 bits per heavy atom. The molecule has 0 aromatic heterocycles. The second-order valence-electron chi connectivity index (χ2n) is 4.01. The van der Waals surface area contributed by atoms with Crippen molar-refractivity contribution in [2.75, 3.05) is 0 Å². The lowest BCUT2D eigenvalue weighted by Gasteiger charge is -2.38. The SMILES string of the molecule is CC(C)[C@@H]1C[C@@H](N)[C@@H](O)C(C)O1. The molecular weight excluding hydrogens is 154 g/mol. The number of rotatable bonds is 1. The van der Waals surface area contributed by atoms with E-state index in [1.54, 1.807) is 0 Å². The van der Waals surface area contributed by atoms with Crippen molar-refractivity contribution in [1.82, 2.24) is 0 Å². The molecule has 0 spiro atoms. The van der Waals surface area contributed by atoms with E-state index in [4.69, 9.17) is 10.5 Å². The topological polar surface area (TPSA) is 55.5 Å². The molecule has 1 heterocycles. The summed E-state index contributed by atoms with van der Waals surface area (Å²) in [5.74, 6) is 0.478. The molecule has 1 unspecified atom stereocenters. The summed E-state index contributed by atoms with van der Waals surface area (Å²) in [5, 5.41) is 9.50. The summed E-state index contributed by atoms with van der Waals surface area (Å²) >= 11 is 0. The molecule has 0 radical (unpaired) electrons. The number of aliphatic hydroxyl groups excluding tert-OH is 1. The van der Waals surface area contributed by atoms with Gasteiger partial charge in [0.05, 0.1) is 18.3 Å². The number of ether oxygens (including phenoxy) is 1. The van der Waals surface area contributed by atoms with E-state index in [2.05, 4.69) is 13.8 Å². The van der Waals surface area contributed by atoms with Crippen molar-refractivity contribution in [3.8, 4) is 0 Å². The quantitative estimate of drug-likeness (QED) is 0.607. The van der Waals surface area contributed by atoms with Crippen molar-refractivity contribution in [2.45, 2.75) is 51.5 Å². The van der Waals surface area contributed by atoms with Crippen molar-refractivity contribution in [3.63, 3.8) is 0 Å². The Bertz CT molecular complexity index is 137. The summed E-state index contributed by atoms with van der Waals surface area (Å²) in [6.45, 7) is 6.10. The van der Waals surface area contributed by atoms with Crippen LogP contribution in [-0.2, 0) is 4.74 Å². The molecule has 0 aromatic carbocycles. The average molecular weight is 173 g/mol. The van der Waals surface area contributed by atoms with Crippen LogP contribution < -0.4 is 5.73 Å². The molecule has 0 amide bonds. The minimum atomic E-state index is -0.500. The van der Waals surface area contributed by atoms with E-state index in [9.17, 15) is 5.11 Å². The smallest absolute Gasteiger partial charge is 0.0950 e. The maximum absolute atomic E-state index is 9.50. The molecule has 0 saturated carbocycles. The summed E-state index contributed by atoms with van der Waals surface area (Å²) in [6.07, 6.45) is 0.350. The number of hydrogen-bond donors (Lipinski definition) is 2. The summed E-state index contributed by atoms with van der Waals surface area (Å²) in [4.78, 5) is 0. The van der Waals surface area contributed by atoms with Crippen molar-refractivity contribution >= 4 is 0 Å². The minimum absolute atomic E-state index is 0.124. The summed E-state index contributed by atoms with van der Waals surface area (Å²) < 4.78 is 5.60. The largest absolute Gasteiger partial charge is 0.389 e. The van der Waals surface area contributed by atoms with Crippen LogP contribution in [0.2, 0.25) is 0 Å². The Balaban J connectivity index is 2.53. The third-order valence-corrected chi connectivity index (χ3v) is 2.56. The van der Waals surface area contributed by atoms with Crippen molar-refractivity contribution in [3.05, 3.63) is 0 Å². The number of hydrogen-bond acceptors (Lipinski definition) is 3. The highest BCUT2D eigenvalue weighted by Gasteiger charge is 2.33. The van der Waals surface area contributed by atoms with E-state index in [1.807, 2.05) is 6.92 Å². The standard InChI is InChI=1S/C9H19NO2/c1-5(2)8-4-7(10)9(11)6(3)12-8/h5-9,11H,4,10H2,1-3H3/t6?,7-,8+,9+/m1/s1. The Hall–Kier alpha value is -0.120. The monoisotopic (exact) mass is 173 g/mol. The van der Waals surface area contributed by atoms with E-state index < -0.39 is 6.10 Å². The van der Waals surface area contributed by atoms with Gasteiger partial charge in [0.1, 0.15) is 0 Å². The summed E-state index contributed by atoms with van der Waals surface area (Å²) in [5.41, 5.74) is 5.77. The molecule has 1 saturated heterocycles. The van der Waals surface area contributed by atoms with Gasteiger partial charge in [0, 0.05) is 6.04 Å². The number of nitrogens with two attached hydrogens (primary N) is 1. The average Bonchev–Trinajstić information content (AvgIpc) is 1.99. The van der Waals surface area contributed by atoms with E-state index in [-0.39, 0.29) is 18.2 Å². The molecule has 1 aliphatic rings. The Kier molecular flexibility index (Phi) is 3.09. The van der Waals surface area contributed by atoms with Crippen LogP contribution >= 0.6 is 0 Å². The molecule has 0 bridgehead atoms. The molecule has 3 heteroatoms. The van der Waals surface area contributed by atoms with Gasteiger partial charge in [-0.15, -0.1) is 0 Å². The zero-order valence-corrected chi connectivity index (χ0v) is 8.03. The summed E-state index contributed by atoms with van der Waals surface area (Å²) in [6, 6.07) is -0.124. The van der Waals surface area contributed by atoms with Crippen LogP contribution in [0.1, 0.15) is 27.2 Å². The first-order valence-corrected chi connectivity index (χ1v) is 4.61. The minimum Gasteiger partial charge on any atom is -0.389 e. The Morgan fingerprint density at radius 3 is 2.50 bits per heavy atom. The lowest BCUT2D eigenvalue weighted by molar-refractivity contribution is -0.131. The second-order valence-corrected chi connectivity index (χ2v) is 4.01. The van der Waals surface area contributed by atoms with Gasteiger partial charge in [-0.1, -0.05) is 13.8 Å². The normalized spacial score (nSPS) is 43.5. The van der Waals surface area contributed by atoms with Gasteiger partial charge < -0.3 is 15.6 Å². The molecule has 1 fully saturated rings. The van der Waals surface area contributed by atoms with Gasteiger partial charge in [-0.25, -0.2) is 0 Å². The highest BCUT2D eigenvalue weighted by Crippen LogP contribution is 2.23. The van der Waals surface area contributed by atoms with Crippen LogP contribution in [0.5, 0.6) is 0 Å². The van der Waals surface area contributed by atoms with Gasteiger partial charge in [0.2, 0.25) is 0 Å². The van der Waals surface area contributed by atoms with Gasteiger partial charge in [0.25, 0.3) is 0 Å². The fourth-order valence-corrected chi connectivity index (χ4v) is 1.60. The van der Waals surface area contributed by atoms with E-state index in [1.165, 1.54) is 0 Å². The van der Waals surface area contributed by atoms with Crippen LogP contribution in [0.3, 0.4) is 0 Å². The van der Waals surface area contributed by atoms with Gasteiger partial charge in [-0.05, 0) is 19.3 Å². The fraction of sp³-hybridized carbons (Fsp3) is 1.00. The molecule has 0 aliphatic carbocycles. The molecule has 72 valence electrons. The van der Waals surface area contributed by atoms with E-state index in [0.717, 1.165) is 6.42 Å². The third-order valence-electron chi connectivity index (χ3n) is 2.56. The lowest BCUT2D eigenvalue weighted by Crippen LogP contribution is -2.52. The van der Waals surface area contributed by atoms with Crippen LogP contribution in [-0.4, -0.2) is 29.5 Å². The second kappa shape index (κ2) is 3.73. The summed E-state index contributed by atoms with van der Waals surface area (Å²) in [7, 11) is 0. The predicted octanol–water partition coefficient (Wildman–Crippen LogP) is 0.508. The van der Waals surface area contributed by atoms with Crippen LogP contribution in [0, 0.1) is 5.92 Å². The van der Waals surface area contributed by atoms with Crippen LogP contribution in [0.4, 0.5) is 0 Å². The Labute approximate surface area is 73.9 Å². The van der Waals surface area contributed by atoms with Gasteiger partial charge in [0.15, 0.2) is 0 Å². The molecule has 4 atom stereocenters. The van der Waals surface area contributed by atoms with Gasteiger partial charge in [-0.2, -0.15) is 0 Å². The van der Waals surface area contributed by atoms with Gasteiger partial charge in [-0.3, -0.25) is 0 Å². The molecular formula is C9H19NO2. The zero-order chi connectivity index (χ0) is 9.30. The number of aliphatic hydroxyl groups is 1. The van der Waals surface area contributed by atoms with Gasteiger partial charge >= 0.3 is 0 Å². The first-order chi connectivity index (χ1) is 5.52. The van der Waals surface area contributed by atoms with Crippen molar-refractivity contribution in [1.29, 1.82) is 0 Å².